The van der Waals surface area contributed by atoms with Crippen LogP contribution in [0.4, 0.5) is 15.3 Å². The SMILES string of the molecule is O=C(NC(Cc1ccc(Br)c(Br)c1)c1nc2ccccc2n1Cc1cccnc1)N1CCC(N2CCc3ccccc3NC2=O)CC1. The van der Waals surface area contributed by atoms with Gasteiger partial charge in [0.2, 0.25) is 0 Å². The lowest BCUT2D eigenvalue weighted by molar-refractivity contribution is 0.133. The van der Waals surface area contributed by atoms with Gasteiger partial charge in [-0.1, -0.05) is 42.5 Å². The fourth-order valence-electron chi connectivity index (χ4n) is 6.67. The number of para-hydroxylation sites is 3. The molecule has 4 amide bonds. The maximum Gasteiger partial charge on any atom is 0.322 e. The minimum Gasteiger partial charge on any atom is -0.328 e. The molecule has 7 rings (SSSR count). The fourth-order valence-corrected chi connectivity index (χ4v) is 7.34. The number of hydrogen-bond donors (Lipinski definition) is 2. The van der Waals surface area contributed by atoms with Crippen LogP contribution in [-0.2, 0) is 19.4 Å². The molecule has 0 aliphatic carbocycles. The molecule has 1 unspecified atom stereocenters. The highest BCUT2D eigenvalue weighted by atomic mass is 79.9. The number of benzene rings is 3. The number of halogens is 2. The molecule has 2 aliphatic rings. The van der Waals surface area contributed by atoms with Crippen molar-refractivity contribution in [3.8, 4) is 0 Å². The maximum absolute atomic E-state index is 14.0. The lowest BCUT2D eigenvalue weighted by atomic mass is 10.0. The smallest absolute Gasteiger partial charge is 0.322 e. The number of likely N-dealkylation sites (tertiary alicyclic amines) is 1. The Morgan fingerprint density at radius 2 is 1.74 bits per heavy atom. The van der Waals surface area contributed by atoms with Crippen LogP contribution in [0.1, 0.15) is 41.4 Å². The van der Waals surface area contributed by atoms with Crippen LogP contribution in [0.5, 0.6) is 0 Å². The van der Waals surface area contributed by atoms with E-state index < -0.39 is 6.04 Å². The van der Waals surface area contributed by atoms with Crippen molar-refractivity contribution in [3.05, 3.63) is 123 Å². The van der Waals surface area contributed by atoms with Crippen molar-refractivity contribution in [1.29, 1.82) is 0 Å². The summed E-state index contributed by atoms with van der Waals surface area (Å²) in [6.45, 7) is 2.37. The molecule has 5 aromatic rings. The number of carbonyl (C=O) groups is 2. The van der Waals surface area contributed by atoms with Gasteiger partial charge in [0, 0.05) is 52.7 Å². The summed E-state index contributed by atoms with van der Waals surface area (Å²) in [7, 11) is 0. The summed E-state index contributed by atoms with van der Waals surface area (Å²) in [4.78, 5) is 40.4. The number of nitrogens with one attached hydrogen (secondary N) is 2. The van der Waals surface area contributed by atoms with Gasteiger partial charge in [0.1, 0.15) is 5.82 Å². The van der Waals surface area contributed by atoms with Crippen molar-refractivity contribution >= 4 is 60.6 Å². The number of piperidine rings is 1. The van der Waals surface area contributed by atoms with Crippen LogP contribution in [0, 0.1) is 0 Å². The number of imidazole rings is 1. The fraction of sp³-hybridized carbons (Fsp3) is 0.278. The van der Waals surface area contributed by atoms with Gasteiger partial charge in [-0.15, -0.1) is 0 Å². The lowest BCUT2D eigenvalue weighted by Gasteiger charge is -2.38. The highest BCUT2D eigenvalue weighted by Gasteiger charge is 2.33. The van der Waals surface area contributed by atoms with Crippen molar-refractivity contribution in [2.45, 2.75) is 44.3 Å². The number of anilines is 1. The average Bonchev–Trinajstić information content (AvgIpc) is 3.36. The van der Waals surface area contributed by atoms with Crippen LogP contribution in [0.3, 0.4) is 0 Å². The van der Waals surface area contributed by atoms with Gasteiger partial charge >= 0.3 is 12.1 Å². The van der Waals surface area contributed by atoms with Gasteiger partial charge in [0.15, 0.2) is 0 Å². The molecule has 2 aromatic heterocycles. The predicted molar refractivity (Wildman–Crippen MR) is 190 cm³/mol. The van der Waals surface area contributed by atoms with Gasteiger partial charge < -0.3 is 25.0 Å². The normalized spacial score (nSPS) is 16.0. The van der Waals surface area contributed by atoms with Gasteiger partial charge in [-0.25, -0.2) is 14.6 Å². The molecule has 0 spiro atoms. The zero-order chi connectivity index (χ0) is 32.3. The first-order valence-electron chi connectivity index (χ1n) is 15.9. The molecule has 1 fully saturated rings. The summed E-state index contributed by atoms with van der Waals surface area (Å²) in [5, 5.41) is 6.45. The predicted octanol–water partition coefficient (Wildman–Crippen LogP) is 7.55. The first-order valence-corrected chi connectivity index (χ1v) is 17.5. The van der Waals surface area contributed by atoms with Gasteiger partial charge in [-0.05, 0) is 111 Å². The van der Waals surface area contributed by atoms with E-state index in [1.807, 2.05) is 64.5 Å². The molecule has 1 saturated heterocycles. The summed E-state index contributed by atoms with van der Waals surface area (Å²) in [6.07, 6.45) is 6.45. The number of urea groups is 2. The second kappa shape index (κ2) is 13.9. The third kappa shape index (κ3) is 6.92. The Kier molecular flexibility index (Phi) is 9.26. The van der Waals surface area contributed by atoms with E-state index >= 15 is 0 Å². The molecule has 3 aromatic carbocycles. The monoisotopic (exact) mass is 755 g/mol. The number of amides is 4. The van der Waals surface area contributed by atoms with Crippen LogP contribution < -0.4 is 10.6 Å². The number of carbonyl (C=O) groups excluding carboxylic acids is 2. The number of aromatic nitrogens is 3. The minimum absolute atomic E-state index is 0.0638. The molecule has 47 heavy (non-hydrogen) atoms. The van der Waals surface area contributed by atoms with E-state index in [4.69, 9.17) is 4.98 Å². The van der Waals surface area contributed by atoms with Gasteiger partial charge in [-0.3, -0.25) is 4.98 Å². The first kappa shape index (κ1) is 31.4. The molecule has 4 heterocycles. The van der Waals surface area contributed by atoms with E-state index in [1.165, 1.54) is 0 Å². The van der Waals surface area contributed by atoms with Gasteiger partial charge in [-0.2, -0.15) is 0 Å². The van der Waals surface area contributed by atoms with E-state index in [9.17, 15) is 9.59 Å². The Balaban J connectivity index is 1.12. The summed E-state index contributed by atoms with van der Waals surface area (Å²) >= 11 is 7.23. The van der Waals surface area contributed by atoms with E-state index in [-0.39, 0.29) is 18.1 Å². The number of nitrogens with zero attached hydrogens (tertiary/aromatic N) is 5. The highest BCUT2D eigenvalue weighted by Crippen LogP contribution is 2.30. The van der Waals surface area contributed by atoms with E-state index in [0.29, 0.717) is 32.6 Å². The van der Waals surface area contributed by atoms with E-state index in [2.05, 4.69) is 82.4 Å². The standard InChI is InChI=1S/C36H35Br2N7O2/c37-28-12-11-24(20-29(28)38)21-32(34-40-31-9-3-4-10-33(31)45(34)23-25-6-5-16-39-22-25)42-35(46)43-17-14-27(15-18-43)44-19-13-26-7-1-2-8-30(26)41-36(44)47/h1-12,16,20,22,27,32H,13-15,17-19,21,23H2,(H,41,47)(H,42,46). The second-order valence-corrected chi connectivity index (χ2v) is 13.8. The third-order valence-corrected chi connectivity index (χ3v) is 11.0. The quantitative estimate of drug-likeness (QED) is 0.179. The van der Waals surface area contributed by atoms with Gasteiger partial charge in [0.25, 0.3) is 0 Å². The number of hydrogen-bond acceptors (Lipinski definition) is 4. The molecular formula is C36H35Br2N7O2. The molecule has 11 heteroatoms. The summed E-state index contributed by atoms with van der Waals surface area (Å²) in [5.41, 5.74) is 6.03. The Labute approximate surface area is 290 Å². The third-order valence-electron chi connectivity index (χ3n) is 9.12. The largest absolute Gasteiger partial charge is 0.328 e. The summed E-state index contributed by atoms with van der Waals surface area (Å²) in [5.74, 6) is 0.790. The molecule has 9 nitrogen and oxygen atoms in total. The number of rotatable bonds is 7. The zero-order valence-corrected chi connectivity index (χ0v) is 29.0. The molecule has 1 atom stereocenters. The molecule has 2 aliphatic heterocycles. The van der Waals surface area contributed by atoms with Crippen molar-refractivity contribution in [2.24, 2.45) is 0 Å². The average molecular weight is 758 g/mol. The topological polar surface area (TPSA) is 95.4 Å². The van der Waals surface area contributed by atoms with Crippen molar-refractivity contribution in [1.82, 2.24) is 29.7 Å². The maximum atomic E-state index is 14.0. The van der Waals surface area contributed by atoms with Crippen LogP contribution >= 0.6 is 31.9 Å². The van der Waals surface area contributed by atoms with Crippen LogP contribution in [0.25, 0.3) is 11.0 Å². The van der Waals surface area contributed by atoms with Crippen molar-refractivity contribution in [3.63, 3.8) is 0 Å². The highest BCUT2D eigenvalue weighted by molar-refractivity contribution is 9.13. The minimum atomic E-state index is -0.396. The van der Waals surface area contributed by atoms with Crippen LogP contribution in [0.2, 0.25) is 0 Å². The van der Waals surface area contributed by atoms with Crippen LogP contribution in [0.15, 0.2) is 100 Å². The summed E-state index contributed by atoms with van der Waals surface area (Å²) in [6, 6.07) is 25.7. The van der Waals surface area contributed by atoms with E-state index in [0.717, 1.165) is 67.4 Å². The van der Waals surface area contributed by atoms with E-state index in [1.54, 1.807) is 6.20 Å². The van der Waals surface area contributed by atoms with Crippen LogP contribution in [-0.4, -0.2) is 62.1 Å². The molecule has 0 radical (unpaired) electrons. The van der Waals surface area contributed by atoms with Gasteiger partial charge in [0.05, 0.1) is 23.6 Å². The molecule has 2 N–H and O–H groups in total. The Morgan fingerprint density at radius 1 is 0.936 bits per heavy atom. The second-order valence-electron chi connectivity index (χ2n) is 12.1. The Morgan fingerprint density at radius 3 is 2.55 bits per heavy atom. The molecule has 0 bridgehead atoms. The molecule has 0 saturated carbocycles. The number of pyridine rings is 1. The molecular weight excluding hydrogens is 722 g/mol. The Bertz CT molecular complexity index is 1910. The molecule has 240 valence electrons. The summed E-state index contributed by atoms with van der Waals surface area (Å²) < 4.78 is 4.11. The van der Waals surface area contributed by atoms with Crippen molar-refractivity contribution in [2.75, 3.05) is 25.0 Å². The first-order chi connectivity index (χ1) is 22.9. The van der Waals surface area contributed by atoms with Crippen molar-refractivity contribution < 1.29 is 9.59 Å². The lowest BCUT2D eigenvalue weighted by Crippen LogP contribution is -2.52. The number of fused-ring (bicyclic) bond motifs is 2. The zero-order valence-electron chi connectivity index (χ0n) is 25.8. The Hall–Kier alpha value is -4.22.